The molecular weight excluding hydrogens is 214 g/mol. The lowest BCUT2D eigenvalue weighted by atomic mass is 10.0. The highest BCUT2D eigenvalue weighted by Crippen LogP contribution is 2.21. The van der Waals surface area contributed by atoms with E-state index in [0.717, 1.165) is 26.0 Å². The zero-order valence-electron chi connectivity index (χ0n) is 11.9. The molecule has 1 aliphatic heterocycles. The highest BCUT2D eigenvalue weighted by Gasteiger charge is 2.24. The molecule has 0 radical (unpaired) electrons. The van der Waals surface area contributed by atoms with Gasteiger partial charge >= 0.3 is 0 Å². The van der Waals surface area contributed by atoms with Crippen molar-refractivity contribution in [3.63, 3.8) is 0 Å². The van der Waals surface area contributed by atoms with Crippen molar-refractivity contribution in [2.45, 2.75) is 77.7 Å². The Hall–Kier alpha value is -0.120. The lowest BCUT2D eigenvalue weighted by Gasteiger charge is -2.32. The van der Waals surface area contributed by atoms with Crippen molar-refractivity contribution in [1.29, 1.82) is 0 Å². The molecule has 0 aliphatic carbocycles. The van der Waals surface area contributed by atoms with Gasteiger partial charge in [-0.25, -0.2) is 0 Å². The molecule has 0 aromatic carbocycles. The van der Waals surface area contributed by atoms with Crippen molar-refractivity contribution in [2.75, 3.05) is 13.2 Å². The van der Waals surface area contributed by atoms with Crippen LogP contribution in [0, 0.1) is 0 Å². The third kappa shape index (κ3) is 6.39. The van der Waals surface area contributed by atoms with Crippen LogP contribution < -0.4 is 5.32 Å². The Bertz CT molecular complexity index is 189. The van der Waals surface area contributed by atoms with Gasteiger partial charge in [0.1, 0.15) is 0 Å². The molecule has 1 fully saturated rings. The Kier molecular flexibility index (Phi) is 7.09. The van der Waals surface area contributed by atoms with Crippen LogP contribution in [0.25, 0.3) is 0 Å². The fourth-order valence-corrected chi connectivity index (χ4v) is 2.55. The van der Waals surface area contributed by atoms with Gasteiger partial charge in [0.2, 0.25) is 0 Å². The van der Waals surface area contributed by atoms with Crippen molar-refractivity contribution in [1.82, 2.24) is 5.32 Å². The van der Waals surface area contributed by atoms with Crippen molar-refractivity contribution in [3.8, 4) is 0 Å². The molecule has 1 heterocycles. The number of hydrogen-bond donors (Lipinski definition) is 1. The molecule has 0 spiro atoms. The minimum atomic E-state index is 0.343. The first kappa shape index (κ1) is 14.9. The van der Waals surface area contributed by atoms with E-state index in [1.165, 1.54) is 12.8 Å². The van der Waals surface area contributed by atoms with E-state index in [1.54, 1.807) is 0 Å². The first-order chi connectivity index (χ1) is 8.11. The van der Waals surface area contributed by atoms with Gasteiger partial charge in [0.05, 0.1) is 24.9 Å². The second-order valence-corrected chi connectivity index (χ2v) is 5.37. The monoisotopic (exact) mass is 243 g/mol. The quantitative estimate of drug-likeness (QED) is 0.697. The smallest absolute Gasteiger partial charge is 0.0625 e. The second-order valence-electron chi connectivity index (χ2n) is 5.37. The van der Waals surface area contributed by atoms with E-state index in [9.17, 15) is 0 Å². The SMILES string of the molecule is CCCC(C)NCCOC1CC(C)OC(C)C1. The van der Waals surface area contributed by atoms with Gasteiger partial charge in [-0.15, -0.1) is 0 Å². The first-order valence-corrected chi connectivity index (χ1v) is 7.12. The summed E-state index contributed by atoms with van der Waals surface area (Å²) in [6.45, 7) is 10.5. The summed E-state index contributed by atoms with van der Waals surface area (Å²) >= 11 is 0. The Morgan fingerprint density at radius 1 is 1.29 bits per heavy atom. The van der Waals surface area contributed by atoms with E-state index in [4.69, 9.17) is 9.47 Å². The molecule has 0 aromatic rings. The third-order valence-corrected chi connectivity index (χ3v) is 3.32. The molecule has 0 amide bonds. The predicted molar refractivity (Wildman–Crippen MR) is 71.4 cm³/mol. The summed E-state index contributed by atoms with van der Waals surface area (Å²) in [4.78, 5) is 0. The van der Waals surface area contributed by atoms with E-state index in [1.807, 2.05) is 0 Å². The maximum Gasteiger partial charge on any atom is 0.0625 e. The second kappa shape index (κ2) is 8.06. The van der Waals surface area contributed by atoms with Gasteiger partial charge in [-0.2, -0.15) is 0 Å². The molecule has 0 bridgehead atoms. The maximum atomic E-state index is 5.91. The van der Waals surface area contributed by atoms with Gasteiger partial charge < -0.3 is 14.8 Å². The van der Waals surface area contributed by atoms with Gasteiger partial charge in [0.25, 0.3) is 0 Å². The van der Waals surface area contributed by atoms with Crippen LogP contribution in [0.1, 0.15) is 53.4 Å². The van der Waals surface area contributed by atoms with Crippen molar-refractivity contribution in [2.24, 2.45) is 0 Å². The molecule has 3 atom stereocenters. The zero-order chi connectivity index (χ0) is 12.7. The van der Waals surface area contributed by atoms with Crippen LogP contribution in [0.2, 0.25) is 0 Å². The van der Waals surface area contributed by atoms with E-state index < -0.39 is 0 Å². The lowest BCUT2D eigenvalue weighted by molar-refractivity contribution is -0.101. The predicted octanol–water partition coefficient (Wildman–Crippen LogP) is 2.74. The summed E-state index contributed by atoms with van der Waals surface area (Å²) in [5.41, 5.74) is 0. The van der Waals surface area contributed by atoms with Gasteiger partial charge in [-0.1, -0.05) is 13.3 Å². The van der Waals surface area contributed by atoms with Gasteiger partial charge in [-0.05, 0) is 40.0 Å². The van der Waals surface area contributed by atoms with Gasteiger partial charge in [0.15, 0.2) is 0 Å². The van der Waals surface area contributed by atoms with Crippen LogP contribution >= 0.6 is 0 Å². The number of nitrogens with one attached hydrogen (secondary N) is 1. The fourth-order valence-electron chi connectivity index (χ4n) is 2.55. The minimum absolute atomic E-state index is 0.343. The standard InChI is InChI=1S/C14H29NO2/c1-5-6-11(2)15-7-8-16-14-9-12(3)17-13(4)10-14/h11-15H,5-10H2,1-4H3. The molecule has 0 aromatic heterocycles. The van der Waals surface area contributed by atoms with E-state index in [2.05, 4.69) is 33.0 Å². The van der Waals surface area contributed by atoms with Crippen LogP contribution in [-0.2, 0) is 9.47 Å². The summed E-state index contributed by atoms with van der Waals surface area (Å²) in [6, 6.07) is 0.608. The van der Waals surface area contributed by atoms with Gasteiger partial charge in [0, 0.05) is 12.6 Å². The van der Waals surface area contributed by atoms with E-state index >= 15 is 0 Å². The van der Waals surface area contributed by atoms with E-state index in [0.29, 0.717) is 24.4 Å². The summed E-state index contributed by atoms with van der Waals surface area (Å²) in [6.07, 6.45) is 5.63. The zero-order valence-corrected chi connectivity index (χ0v) is 11.9. The number of ether oxygens (including phenoxy) is 2. The molecule has 0 saturated carbocycles. The molecular formula is C14H29NO2. The summed E-state index contributed by atoms with van der Waals surface area (Å²) in [7, 11) is 0. The van der Waals surface area contributed by atoms with Crippen LogP contribution in [0.4, 0.5) is 0 Å². The Morgan fingerprint density at radius 2 is 1.94 bits per heavy atom. The van der Waals surface area contributed by atoms with Crippen molar-refractivity contribution in [3.05, 3.63) is 0 Å². The topological polar surface area (TPSA) is 30.5 Å². The lowest BCUT2D eigenvalue weighted by Crippen LogP contribution is -2.36. The molecule has 1 saturated heterocycles. The third-order valence-electron chi connectivity index (χ3n) is 3.32. The summed E-state index contributed by atoms with van der Waals surface area (Å²) in [5.74, 6) is 0. The highest BCUT2D eigenvalue weighted by molar-refractivity contribution is 4.73. The maximum absolute atomic E-state index is 5.91. The molecule has 1 aliphatic rings. The van der Waals surface area contributed by atoms with Crippen molar-refractivity contribution < 1.29 is 9.47 Å². The Labute approximate surface area is 106 Å². The van der Waals surface area contributed by atoms with Crippen LogP contribution in [0.15, 0.2) is 0 Å². The van der Waals surface area contributed by atoms with Crippen LogP contribution in [0.3, 0.4) is 0 Å². The Morgan fingerprint density at radius 3 is 2.53 bits per heavy atom. The molecule has 102 valence electrons. The molecule has 3 unspecified atom stereocenters. The average molecular weight is 243 g/mol. The fraction of sp³-hybridized carbons (Fsp3) is 1.00. The normalized spacial score (nSPS) is 31.4. The highest BCUT2D eigenvalue weighted by atomic mass is 16.5. The number of hydrogen-bond acceptors (Lipinski definition) is 3. The van der Waals surface area contributed by atoms with Crippen LogP contribution in [0.5, 0.6) is 0 Å². The average Bonchev–Trinajstić information content (AvgIpc) is 2.23. The summed E-state index contributed by atoms with van der Waals surface area (Å²) in [5, 5.41) is 3.49. The molecule has 17 heavy (non-hydrogen) atoms. The minimum Gasteiger partial charge on any atom is -0.377 e. The van der Waals surface area contributed by atoms with Gasteiger partial charge in [-0.3, -0.25) is 0 Å². The molecule has 1 N–H and O–H groups in total. The van der Waals surface area contributed by atoms with E-state index in [-0.39, 0.29) is 0 Å². The van der Waals surface area contributed by atoms with Crippen molar-refractivity contribution >= 4 is 0 Å². The summed E-state index contributed by atoms with van der Waals surface area (Å²) < 4.78 is 11.6. The molecule has 1 rings (SSSR count). The van der Waals surface area contributed by atoms with Crippen LogP contribution in [-0.4, -0.2) is 37.5 Å². The first-order valence-electron chi connectivity index (χ1n) is 7.12. The molecule has 3 heteroatoms. The number of rotatable bonds is 7. The Balaban J connectivity index is 2.06. The molecule has 3 nitrogen and oxygen atoms in total. The largest absolute Gasteiger partial charge is 0.377 e.